The first kappa shape index (κ1) is 22.3. The van der Waals surface area contributed by atoms with Crippen LogP contribution < -0.4 is 10.1 Å². The summed E-state index contributed by atoms with van der Waals surface area (Å²) in [6, 6.07) is 6.42. The second-order valence-electron chi connectivity index (χ2n) is 8.53. The molecular weight excluding hydrogens is 464 g/mol. The van der Waals surface area contributed by atoms with Gasteiger partial charge in [0, 0.05) is 19.4 Å². The van der Waals surface area contributed by atoms with Crippen molar-refractivity contribution in [3.05, 3.63) is 30.5 Å². The zero-order chi connectivity index (χ0) is 23.0. The molecule has 11 heteroatoms. The Labute approximate surface area is 196 Å². The minimum atomic E-state index is -3.43. The number of carbonyl (C=O) groups excluding carboxylic acids is 1. The fourth-order valence-electron chi connectivity index (χ4n) is 4.10. The number of ether oxygens (including phenoxy) is 2. The van der Waals surface area contributed by atoms with Crippen LogP contribution in [0.15, 0.2) is 35.5 Å². The summed E-state index contributed by atoms with van der Waals surface area (Å²) in [7, 11) is -1.82. The predicted molar refractivity (Wildman–Crippen MR) is 124 cm³/mol. The summed E-state index contributed by atoms with van der Waals surface area (Å²) in [6.07, 6.45) is 5.21. The summed E-state index contributed by atoms with van der Waals surface area (Å²) in [5.41, 5.74) is 0.772. The fourth-order valence-corrected chi connectivity index (χ4v) is 6.56. The van der Waals surface area contributed by atoms with Gasteiger partial charge in [0.1, 0.15) is 11.8 Å². The highest BCUT2D eigenvalue weighted by Crippen LogP contribution is 2.34. The molecule has 1 aliphatic carbocycles. The maximum atomic E-state index is 13.4. The van der Waals surface area contributed by atoms with Crippen molar-refractivity contribution in [3.63, 3.8) is 0 Å². The Balaban J connectivity index is 1.40. The number of nitrogens with one attached hydrogen (secondary N) is 1. The number of carbonyl (C=O) groups is 1. The third kappa shape index (κ3) is 4.75. The summed E-state index contributed by atoms with van der Waals surface area (Å²) in [5, 5.41) is 7.45. The molecule has 3 heterocycles. The summed E-state index contributed by atoms with van der Waals surface area (Å²) < 4.78 is 38.4. The van der Waals surface area contributed by atoms with Crippen LogP contribution in [-0.4, -0.2) is 54.7 Å². The molecule has 5 rings (SSSR count). The Morgan fingerprint density at radius 1 is 1.27 bits per heavy atom. The molecule has 1 saturated carbocycles. The minimum absolute atomic E-state index is 0.0434. The van der Waals surface area contributed by atoms with Crippen LogP contribution in [0.25, 0.3) is 10.2 Å². The second-order valence-corrected chi connectivity index (χ2v) is 11.7. The standard InChI is InChI=1S/C22H26N4O5S2/c1-30-15-2-5-17-19(13-15)32-22(23-17)24-21(27)18(12-14-7-10-31-11-8-14)26-9-6-20(25-26)33(28,29)16-3-4-16/h2,5-6,9,13-14,16,18H,3-4,7-8,10-12H2,1H3,(H,23,24,27). The van der Waals surface area contributed by atoms with Gasteiger partial charge in [0.05, 0.1) is 22.6 Å². The van der Waals surface area contributed by atoms with E-state index in [0.29, 0.717) is 43.5 Å². The van der Waals surface area contributed by atoms with Gasteiger partial charge in [-0.3, -0.25) is 9.48 Å². The largest absolute Gasteiger partial charge is 0.497 e. The van der Waals surface area contributed by atoms with Crippen LogP contribution in [0.1, 0.15) is 38.1 Å². The third-order valence-electron chi connectivity index (χ3n) is 6.18. The number of sulfone groups is 1. The average molecular weight is 491 g/mol. The second kappa shape index (κ2) is 9.03. The Morgan fingerprint density at radius 2 is 2.06 bits per heavy atom. The van der Waals surface area contributed by atoms with Gasteiger partial charge in [0.15, 0.2) is 20.0 Å². The molecule has 2 fully saturated rings. The van der Waals surface area contributed by atoms with E-state index in [9.17, 15) is 13.2 Å². The van der Waals surface area contributed by atoms with Gasteiger partial charge < -0.3 is 14.8 Å². The van der Waals surface area contributed by atoms with E-state index in [-0.39, 0.29) is 16.2 Å². The zero-order valence-corrected chi connectivity index (χ0v) is 19.9. The Kier molecular flexibility index (Phi) is 6.11. The minimum Gasteiger partial charge on any atom is -0.497 e. The van der Waals surface area contributed by atoms with E-state index in [4.69, 9.17) is 9.47 Å². The lowest BCUT2D eigenvalue weighted by Crippen LogP contribution is -2.30. The van der Waals surface area contributed by atoms with Crippen molar-refractivity contribution in [1.29, 1.82) is 0 Å². The average Bonchev–Trinajstić information content (AvgIpc) is 3.44. The summed E-state index contributed by atoms with van der Waals surface area (Å²) in [5.74, 6) is 0.759. The SMILES string of the molecule is COc1ccc2nc(NC(=O)C(CC3CCOCC3)n3ccc(S(=O)(=O)C4CC4)n3)sc2c1. The van der Waals surface area contributed by atoms with E-state index in [0.717, 1.165) is 28.8 Å². The van der Waals surface area contributed by atoms with Gasteiger partial charge in [-0.25, -0.2) is 13.4 Å². The predicted octanol–water partition coefficient (Wildman–Crippen LogP) is 3.43. The molecule has 1 N–H and O–H groups in total. The molecule has 0 spiro atoms. The first-order chi connectivity index (χ1) is 15.9. The van der Waals surface area contributed by atoms with E-state index in [1.165, 1.54) is 22.1 Å². The van der Waals surface area contributed by atoms with Gasteiger partial charge in [0.2, 0.25) is 0 Å². The number of fused-ring (bicyclic) bond motifs is 1. The van der Waals surface area contributed by atoms with Gasteiger partial charge in [-0.05, 0) is 62.3 Å². The number of benzene rings is 1. The highest BCUT2D eigenvalue weighted by atomic mass is 32.2. The molecule has 0 radical (unpaired) electrons. The molecule has 1 atom stereocenters. The Hall–Kier alpha value is -2.50. The van der Waals surface area contributed by atoms with Crippen LogP contribution in [-0.2, 0) is 19.4 Å². The van der Waals surface area contributed by atoms with Crippen LogP contribution in [0.3, 0.4) is 0 Å². The number of aromatic nitrogens is 3. The monoisotopic (exact) mass is 490 g/mol. The van der Waals surface area contributed by atoms with Gasteiger partial charge in [-0.1, -0.05) is 11.3 Å². The lowest BCUT2D eigenvalue weighted by Gasteiger charge is -2.26. The zero-order valence-electron chi connectivity index (χ0n) is 18.3. The fraction of sp³-hybridized carbons (Fsp3) is 0.500. The first-order valence-corrected chi connectivity index (χ1v) is 13.4. The molecule has 1 unspecified atom stereocenters. The highest BCUT2D eigenvalue weighted by Gasteiger charge is 2.39. The first-order valence-electron chi connectivity index (χ1n) is 11.1. The molecule has 2 aromatic heterocycles. The molecule has 1 aliphatic heterocycles. The lowest BCUT2D eigenvalue weighted by molar-refractivity contribution is -0.120. The molecule has 176 valence electrons. The van der Waals surface area contributed by atoms with Gasteiger partial charge in [0.25, 0.3) is 5.91 Å². The molecule has 2 aliphatic rings. The number of rotatable bonds is 8. The van der Waals surface area contributed by atoms with Crippen LogP contribution in [0, 0.1) is 5.92 Å². The van der Waals surface area contributed by atoms with Crippen molar-refractivity contribution in [2.24, 2.45) is 5.92 Å². The third-order valence-corrected chi connectivity index (χ3v) is 9.27. The summed E-state index contributed by atoms with van der Waals surface area (Å²) in [6.45, 7) is 1.33. The van der Waals surface area contributed by atoms with Gasteiger partial charge in [-0.2, -0.15) is 5.10 Å². The van der Waals surface area contributed by atoms with E-state index in [1.807, 2.05) is 18.2 Å². The van der Waals surface area contributed by atoms with Crippen LogP contribution in [0.4, 0.5) is 5.13 Å². The van der Waals surface area contributed by atoms with Gasteiger partial charge in [-0.15, -0.1) is 0 Å². The van der Waals surface area contributed by atoms with Crippen molar-refractivity contribution in [2.45, 2.75) is 48.4 Å². The Morgan fingerprint density at radius 3 is 2.79 bits per heavy atom. The smallest absolute Gasteiger partial charge is 0.251 e. The van der Waals surface area contributed by atoms with Crippen molar-refractivity contribution in [3.8, 4) is 5.75 Å². The number of hydrogen-bond donors (Lipinski definition) is 1. The van der Waals surface area contributed by atoms with E-state index in [2.05, 4.69) is 15.4 Å². The number of hydrogen-bond acceptors (Lipinski definition) is 8. The quantitative estimate of drug-likeness (QED) is 0.515. The highest BCUT2D eigenvalue weighted by molar-refractivity contribution is 7.92. The normalized spacial score (nSPS) is 18.3. The molecule has 33 heavy (non-hydrogen) atoms. The molecule has 9 nitrogen and oxygen atoms in total. The van der Waals surface area contributed by atoms with Crippen LogP contribution in [0.5, 0.6) is 5.75 Å². The van der Waals surface area contributed by atoms with E-state index < -0.39 is 15.9 Å². The van der Waals surface area contributed by atoms with Crippen LogP contribution >= 0.6 is 11.3 Å². The van der Waals surface area contributed by atoms with Gasteiger partial charge >= 0.3 is 0 Å². The van der Waals surface area contributed by atoms with E-state index in [1.54, 1.807) is 13.3 Å². The number of nitrogens with zero attached hydrogens (tertiary/aromatic N) is 3. The topological polar surface area (TPSA) is 112 Å². The van der Waals surface area contributed by atoms with E-state index >= 15 is 0 Å². The molecule has 1 amide bonds. The molecular formula is C22H26N4O5S2. The number of anilines is 1. The number of amides is 1. The van der Waals surface area contributed by atoms with Crippen LogP contribution in [0.2, 0.25) is 0 Å². The number of methoxy groups -OCH3 is 1. The van der Waals surface area contributed by atoms with Crippen molar-refractivity contribution in [2.75, 3.05) is 25.6 Å². The molecule has 3 aromatic rings. The lowest BCUT2D eigenvalue weighted by atomic mass is 9.92. The molecule has 1 saturated heterocycles. The van der Waals surface area contributed by atoms with Crippen molar-refractivity contribution >= 4 is 42.4 Å². The molecule has 1 aromatic carbocycles. The number of thiazole rings is 1. The molecule has 0 bridgehead atoms. The van der Waals surface area contributed by atoms with Crippen molar-refractivity contribution in [1.82, 2.24) is 14.8 Å². The maximum absolute atomic E-state index is 13.4. The van der Waals surface area contributed by atoms with Crippen molar-refractivity contribution < 1.29 is 22.7 Å². The summed E-state index contributed by atoms with van der Waals surface area (Å²) >= 11 is 1.37. The Bertz CT molecular complexity index is 1260. The maximum Gasteiger partial charge on any atom is 0.251 e. The summed E-state index contributed by atoms with van der Waals surface area (Å²) in [4.78, 5) is 17.9.